The maximum absolute atomic E-state index is 11.6. The lowest BCUT2D eigenvalue weighted by Gasteiger charge is -1.99. The van der Waals surface area contributed by atoms with Gasteiger partial charge in [-0.3, -0.25) is 9.78 Å². The molecule has 1 aliphatic rings. The Morgan fingerprint density at radius 1 is 1.04 bits per heavy atom. The number of aromatic nitrogens is 5. The first-order chi connectivity index (χ1) is 12.7. The summed E-state index contributed by atoms with van der Waals surface area (Å²) < 4.78 is 1.56. The number of benzene rings is 1. The molecule has 4 aromatic rings. The first-order valence-corrected chi connectivity index (χ1v) is 8.38. The maximum atomic E-state index is 11.6. The number of nitrogens with zero attached hydrogens (tertiary/aromatic N) is 3. The Hall–Kier alpha value is -3.48. The quantitative estimate of drug-likeness (QED) is 0.582. The lowest BCUT2D eigenvalue weighted by molar-refractivity contribution is 0.934. The summed E-state index contributed by atoms with van der Waals surface area (Å²) in [5, 5.41) is 4.21. The van der Waals surface area contributed by atoms with E-state index in [0.29, 0.717) is 16.9 Å². The van der Waals surface area contributed by atoms with Crippen LogP contribution >= 0.6 is 0 Å². The van der Waals surface area contributed by atoms with Crippen LogP contribution in [0.25, 0.3) is 16.9 Å². The Kier molecular flexibility index (Phi) is 4.18. The van der Waals surface area contributed by atoms with Crippen LogP contribution in [0.15, 0.2) is 70.6 Å². The molecule has 0 atom stereocenters. The average Bonchev–Trinajstić information content (AvgIpc) is 3.41. The van der Waals surface area contributed by atoms with Gasteiger partial charge >= 0.3 is 5.69 Å². The number of fused-ring (bicyclic) bond motifs is 1. The molecule has 26 heavy (non-hydrogen) atoms. The maximum Gasteiger partial charge on any atom is 0.325 e. The standard InChI is InChI=1S/C10H7N5O2.C9H10/c16-9-6(5-12-10(17)13-9)7-1-2-8-11-3-4-15(8)14-7;1-2-4-8(5-3-1)9-6-7-9/h1-5H,(H2,12,13,16,17);1-5,9H,6-7H2. The van der Waals surface area contributed by atoms with Crippen molar-refractivity contribution in [1.29, 1.82) is 0 Å². The Bertz CT molecular complexity index is 1140. The van der Waals surface area contributed by atoms with Gasteiger partial charge < -0.3 is 4.98 Å². The zero-order valence-electron chi connectivity index (χ0n) is 13.9. The van der Waals surface area contributed by atoms with Crippen LogP contribution in [0.3, 0.4) is 0 Å². The normalized spacial score (nSPS) is 13.2. The van der Waals surface area contributed by atoms with E-state index in [9.17, 15) is 9.59 Å². The first kappa shape index (κ1) is 16.0. The molecule has 0 radical (unpaired) electrons. The van der Waals surface area contributed by atoms with Gasteiger partial charge in [-0.15, -0.1) is 0 Å². The predicted octanol–water partition coefficient (Wildman–Crippen LogP) is 2.34. The van der Waals surface area contributed by atoms with Crippen molar-refractivity contribution in [2.75, 3.05) is 0 Å². The lowest BCUT2D eigenvalue weighted by Crippen LogP contribution is -2.22. The molecule has 1 aliphatic carbocycles. The van der Waals surface area contributed by atoms with Gasteiger partial charge in [0.2, 0.25) is 0 Å². The van der Waals surface area contributed by atoms with Crippen molar-refractivity contribution in [1.82, 2.24) is 24.6 Å². The van der Waals surface area contributed by atoms with E-state index in [1.165, 1.54) is 24.6 Å². The third kappa shape index (κ3) is 3.46. The molecule has 3 heterocycles. The number of aromatic amines is 2. The van der Waals surface area contributed by atoms with Crippen molar-refractivity contribution in [3.05, 3.63) is 87.5 Å². The van der Waals surface area contributed by atoms with Crippen LogP contribution in [0.2, 0.25) is 0 Å². The van der Waals surface area contributed by atoms with Gasteiger partial charge in [0.05, 0.1) is 11.3 Å². The highest BCUT2D eigenvalue weighted by Crippen LogP contribution is 2.39. The van der Waals surface area contributed by atoms with Gasteiger partial charge in [-0.05, 0) is 36.5 Å². The highest BCUT2D eigenvalue weighted by molar-refractivity contribution is 5.57. The fourth-order valence-electron chi connectivity index (χ4n) is 2.70. The second-order valence-electron chi connectivity index (χ2n) is 6.12. The molecular weight excluding hydrogens is 330 g/mol. The van der Waals surface area contributed by atoms with Gasteiger partial charge in [-0.25, -0.2) is 14.3 Å². The Morgan fingerprint density at radius 2 is 1.85 bits per heavy atom. The van der Waals surface area contributed by atoms with E-state index in [0.717, 1.165) is 5.92 Å². The SMILES string of the molecule is O=c1[nH]cc(-c2ccc3nccn3n2)c(=O)[nH]1.c1ccc(C2CC2)cc1. The summed E-state index contributed by atoms with van der Waals surface area (Å²) >= 11 is 0. The minimum atomic E-state index is -0.539. The van der Waals surface area contributed by atoms with E-state index >= 15 is 0 Å². The lowest BCUT2D eigenvalue weighted by atomic mass is 10.1. The van der Waals surface area contributed by atoms with E-state index in [1.807, 2.05) is 0 Å². The average molecular weight is 347 g/mol. The molecule has 2 N–H and O–H groups in total. The minimum Gasteiger partial charge on any atom is -0.313 e. The van der Waals surface area contributed by atoms with E-state index in [-0.39, 0.29) is 0 Å². The van der Waals surface area contributed by atoms with Crippen molar-refractivity contribution in [3.63, 3.8) is 0 Å². The smallest absolute Gasteiger partial charge is 0.313 e. The fraction of sp³-hybridized carbons (Fsp3) is 0.158. The minimum absolute atomic E-state index is 0.306. The molecule has 1 aromatic carbocycles. The molecule has 0 amide bonds. The van der Waals surface area contributed by atoms with Crippen molar-refractivity contribution in [2.45, 2.75) is 18.8 Å². The molecule has 1 fully saturated rings. The topological polar surface area (TPSA) is 95.9 Å². The number of hydrogen-bond acceptors (Lipinski definition) is 4. The summed E-state index contributed by atoms with van der Waals surface area (Å²) in [7, 11) is 0. The molecule has 5 rings (SSSR count). The molecule has 0 unspecified atom stereocenters. The summed E-state index contributed by atoms with van der Waals surface area (Å²) in [6.07, 6.45) is 7.45. The van der Waals surface area contributed by atoms with Gasteiger partial charge in [0, 0.05) is 18.6 Å². The number of imidazole rings is 1. The fourth-order valence-corrected chi connectivity index (χ4v) is 2.70. The molecule has 0 saturated heterocycles. The summed E-state index contributed by atoms with van der Waals surface area (Å²) in [4.78, 5) is 31.1. The van der Waals surface area contributed by atoms with Crippen LogP contribution in [-0.4, -0.2) is 24.6 Å². The van der Waals surface area contributed by atoms with Crippen molar-refractivity contribution in [3.8, 4) is 11.3 Å². The van der Waals surface area contributed by atoms with Crippen molar-refractivity contribution < 1.29 is 0 Å². The Morgan fingerprint density at radius 3 is 2.58 bits per heavy atom. The summed E-state index contributed by atoms with van der Waals surface area (Å²) in [6.45, 7) is 0. The first-order valence-electron chi connectivity index (χ1n) is 8.38. The third-order valence-corrected chi connectivity index (χ3v) is 4.20. The zero-order chi connectivity index (χ0) is 17.9. The highest BCUT2D eigenvalue weighted by atomic mass is 16.2. The van der Waals surface area contributed by atoms with Crippen molar-refractivity contribution >= 4 is 5.65 Å². The summed E-state index contributed by atoms with van der Waals surface area (Å²) in [5.41, 5.74) is 1.98. The van der Waals surface area contributed by atoms with Crippen LogP contribution < -0.4 is 11.2 Å². The predicted molar refractivity (Wildman–Crippen MR) is 98.1 cm³/mol. The molecule has 1 saturated carbocycles. The molecule has 0 bridgehead atoms. The van der Waals surface area contributed by atoms with Gasteiger partial charge in [0.15, 0.2) is 5.65 Å². The van der Waals surface area contributed by atoms with E-state index < -0.39 is 11.2 Å². The van der Waals surface area contributed by atoms with E-state index in [1.54, 1.807) is 29.0 Å². The molecule has 7 heteroatoms. The number of nitrogens with one attached hydrogen (secondary N) is 2. The van der Waals surface area contributed by atoms with Crippen molar-refractivity contribution in [2.24, 2.45) is 0 Å². The monoisotopic (exact) mass is 347 g/mol. The zero-order valence-corrected chi connectivity index (χ0v) is 13.9. The molecule has 130 valence electrons. The molecule has 0 aliphatic heterocycles. The van der Waals surface area contributed by atoms with Gasteiger partial charge in [0.25, 0.3) is 5.56 Å². The van der Waals surface area contributed by atoms with Gasteiger partial charge in [0.1, 0.15) is 0 Å². The van der Waals surface area contributed by atoms with Gasteiger partial charge in [-0.2, -0.15) is 5.10 Å². The van der Waals surface area contributed by atoms with Crippen LogP contribution in [-0.2, 0) is 0 Å². The highest BCUT2D eigenvalue weighted by Gasteiger charge is 2.22. The Labute approximate surface area is 148 Å². The third-order valence-electron chi connectivity index (χ3n) is 4.20. The van der Waals surface area contributed by atoms with E-state index in [4.69, 9.17) is 0 Å². The summed E-state index contributed by atoms with van der Waals surface area (Å²) in [6, 6.07) is 14.2. The molecule has 0 spiro atoms. The van der Waals surface area contributed by atoms with E-state index in [2.05, 4.69) is 50.4 Å². The number of rotatable bonds is 2. The summed E-state index contributed by atoms with van der Waals surface area (Å²) in [5.74, 6) is 0.909. The number of hydrogen-bond donors (Lipinski definition) is 2. The van der Waals surface area contributed by atoms with Crippen LogP contribution in [0.1, 0.15) is 24.3 Å². The molecule has 7 nitrogen and oxygen atoms in total. The molecule has 3 aromatic heterocycles. The second kappa shape index (κ2) is 6.79. The second-order valence-corrected chi connectivity index (χ2v) is 6.12. The van der Waals surface area contributed by atoms with Crippen LogP contribution in [0.4, 0.5) is 0 Å². The van der Waals surface area contributed by atoms with Crippen LogP contribution in [0.5, 0.6) is 0 Å². The van der Waals surface area contributed by atoms with Crippen LogP contribution in [0, 0.1) is 0 Å². The largest absolute Gasteiger partial charge is 0.325 e. The van der Waals surface area contributed by atoms with Gasteiger partial charge in [-0.1, -0.05) is 30.3 Å². The number of H-pyrrole nitrogens is 2. The Balaban J connectivity index is 0.000000157. The molecular formula is C19H17N5O2.